The SMILES string of the molecule is O=C(C[n+]1cccc2cccc([N+](=O)[O-])c21)c1ccccc1. The Morgan fingerprint density at radius 3 is 2.45 bits per heavy atom. The van der Waals surface area contributed by atoms with Crippen LogP contribution in [0, 0.1) is 10.1 Å². The minimum absolute atomic E-state index is 0.000961. The fraction of sp³-hybridized carbons (Fsp3) is 0.0588. The number of nitro benzene ring substituents is 1. The number of pyridine rings is 1. The van der Waals surface area contributed by atoms with Crippen LogP contribution in [-0.4, -0.2) is 10.7 Å². The molecule has 0 aliphatic rings. The molecule has 108 valence electrons. The number of nitro groups is 1. The summed E-state index contributed by atoms with van der Waals surface area (Å²) in [5.74, 6) is -0.0868. The van der Waals surface area contributed by atoms with E-state index in [1.54, 1.807) is 59.3 Å². The number of hydrogen-bond acceptors (Lipinski definition) is 3. The second-order valence-electron chi connectivity index (χ2n) is 4.90. The van der Waals surface area contributed by atoms with Crippen molar-refractivity contribution >= 4 is 22.4 Å². The van der Waals surface area contributed by atoms with E-state index in [-0.39, 0.29) is 18.0 Å². The molecular formula is C17H13N2O3+. The van der Waals surface area contributed by atoms with Gasteiger partial charge in [-0.05, 0) is 12.1 Å². The van der Waals surface area contributed by atoms with Crippen LogP contribution in [0.4, 0.5) is 5.69 Å². The second-order valence-corrected chi connectivity index (χ2v) is 4.90. The maximum atomic E-state index is 12.3. The third-order valence-electron chi connectivity index (χ3n) is 3.48. The standard InChI is InChI=1S/C17H13N2O3/c20-16(13-6-2-1-3-7-13)12-18-11-5-9-14-8-4-10-15(17(14)18)19(21)22/h1-11H,12H2/q+1. The second kappa shape index (κ2) is 5.73. The van der Waals surface area contributed by atoms with Crippen molar-refractivity contribution in [2.24, 2.45) is 0 Å². The average molecular weight is 293 g/mol. The number of carbonyl (C=O) groups excluding carboxylic acids is 1. The van der Waals surface area contributed by atoms with Gasteiger partial charge in [0.2, 0.25) is 12.3 Å². The number of rotatable bonds is 4. The Bertz CT molecular complexity index is 855. The first-order valence-electron chi connectivity index (χ1n) is 6.80. The average Bonchev–Trinajstić information content (AvgIpc) is 2.55. The molecule has 5 nitrogen and oxygen atoms in total. The Morgan fingerprint density at radius 1 is 1.00 bits per heavy atom. The van der Waals surface area contributed by atoms with Gasteiger partial charge < -0.3 is 0 Å². The zero-order valence-electron chi connectivity index (χ0n) is 11.7. The van der Waals surface area contributed by atoms with Gasteiger partial charge in [0, 0.05) is 17.7 Å². The van der Waals surface area contributed by atoms with Gasteiger partial charge in [0.25, 0.3) is 5.52 Å². The third kappa shape index (κ3) is 2.56. The molecule has 22 heavy (non-hydrogen) atoms. The maximum absolute atomic E-state index is 12.3. The van der Waals surface area contributed by atoms with E-state index in [1.807, 2.05) is 6.07 Å². The largest absolute Gasteiger partial charge is 0.340 e. The Hall–Kier alpha value is -3.08. The van der Waals surface area contributed by atoms with Crippen LogP contribution in [-0.2, 0) is 6.54 Å². The molecule has 0 N–H and O–H groups in total. The molecule has 3 rings (SSSR count). The number of Topliss-reactive ketones (excluding diaryl/α,β-unsaturated/α-hetero) is 1. The van der Waals surface area contributed by atoms with Crippen LogP contribution in [0.5, 0.6) is 0 Å². The summed E-state index contributed by atoms with van der Waals surface area (Å²) < 4.78 is 1.63. The number of aromatic nitrogens is 1. The minimum Gasteiger partial charge on any atom is -0.287 e. The van der Waals surface area contributed by atoms with Crippen molar-refractivity contribution in [1.82, 2.24) is 0 Å². The van der Waals surface area contributed by atoms with E-state index < -0.39 is 4.92 Å². The molecule has 0 saturated heterocycles. The first kappa shape index (κ1) is 13.9. The van der Waals surface area contributed by atoms with Crippen molar-refractivity contribution in [1.29, 1.82) is 0 Å². The minimum atomic E-state index is -0.425. The van der Waals surface area contributed by atoms with E-state index >= 15 is 0 Å². The predicted molar refractivity (Wildman–Crippen MR) is 81.6 cm³/mol. The molecule has 0 saturated carbocycles. The summed E-state index contributed by atoms with van der Waals surface area (Å²) in [6.07, 6.45) is 1.69. The number of hydrogen-bond donors (Lipinski definition) is 0. The van der Waals surface area contributed by atoms with Crippen LogP contribution in [0.3, 0.4) is 0 Å². The van der Waals surface area contributed by atoms with Crippen molar-refractivity contribution < 1.29 is 14.3 Å². The van der Waals surface area contributed by atoms with Crippen molar-refractivity contribution in [3.8, 4) is 0 Å². The zero-order chi connectivity index (χ0) is 15.5. The molecule has 1 heterocycles. The van der Waals surface area contributed by atoms with E-state index in [2.05, 4.69) is 0 Å². The van der Waals surface area contributed by atoms with Crippen molar-refractivity contribution in [3.63, 3.8) is 0 Å². The molecule has 3 aromatic rings. The molecule has 1 aromatic heterocycles. The highest BCUT2D eigenvalue weighted by Crippen LogP contribution is 2.21. The Labute approximate surface area is 126 Å². The van der Waals surface area contributed by atoms with Gasteiger partial charge in [-0.15, -0.1) is 0 Å². The smallest absolute Gasteiger partial charge is 0.287 e. The van der Waals surface area contributed by atoms with Gasteiger partial charge in [0.1, 0.15) is 0 Å². The molecule has 0 atom stereocenters. The van der Waals surface area contributed by atoms with Crippen LogP contribution >= 0.6 is 0 Å². The molecule has 2 aromatic carbocycles. The highest BCUT2D eigenvalue weighted by atomic mass is 16.6. The van der Waals surface area contributed by atoms with Gasteiger partial charge in [0.05, 0.1) is 10.3 Å². The van der Waals surface area contributed by atoms with Gasteiger partial charge >= 0.3 is 5.69 Å². The first-order chi connectivity index (χ1) is 10.7. The Balaban J connectivity index is 2.08. The lowest BCUT2D eigenvalue weighted by molar-refractivity contribution is -0.658. The lowest BCUT2D eigenvalue weighted by atomic mass is 10.1. The number of nitrogens with zero attached hydrogens (tertiary/aromatic N) is 2. The quantitative estimate of drug-likeness (QED) is 0.321. The predicted octanol–water partition coefficient (Wildman–Crippen LogP) is 2.92. The first-order valence-corrected chi connectivity index (χ1v) is 6.80. The maximum Gasteiger partial charge on any atom is 0.340 e. The zero-order valence-corrected chi connectivity index (χ0v) is 11.7. The van der Waals surface area contributed by atoms with E-state index in [1.165, 1.54) is 6.07 Å². The molecule has 0 aliphatic carbocycles. The van der Waals surface area contributed by atoms with Gasteiger partial charge in [-0.3, -0.25) is 14.9 Å². The molecule has 0 unspecified atom stereocenters. The topological polar surface area (TPSA) is 64.1 Å². The van der Waals surface area contributed by atoms with Gasteiger partial charge in [-0.1, -0.05) is 36.4 Å². The van der Waals surface area contributed by atoms with E-state index in [4.69, 9.17) is 0 Å². The number of ketones is 1. The van der Waals surface area contributed by atoms with Gasteiger partial charge in [-0.2, -0.15) is 4.57 Å². The molecule has 0 radical (unpaired) electrons. The number of para-hydroxylation sites is 1. The summed E-state index contributed by atoms with van der Waals surface area (Å²) in [5, 5.41) is 12.0. The number of carbonyl (C=O) groups is 1. The van der Waals surface area contributed by atoms with Crippen LogP contribution in [0.2, 0.25) is 0 Å². The molecule has 0 aliphatic heterocycles. The summed E-state index contributed by atoms with van der Waals surface area (Å²) in [7, 11) is 0. The van der Waals surface area contributed by atoms with Crippen LogP contribution < -0.4 is 4.57 Å². The number of benzene rings is 2. The fourth-order valence-corrected chi connectivity index (χ4v) is 2.47. The molecule has 0 spiro atoms. The molecule has 5 heteroatoms. The Kier molecular flexibility index (Phi) is 3.62. The summed E-state index contributed by atoms with van der Waals surface area (Å²) in [6, 6.07) is 17.4. The van der Waals surface area contributed by atoms with E-state index in [0.29, 0.717) is 11.1 Å². The summed E-state index contributed by atoms with van der Waals surface area (Å²) in [4.78, 5) is 23.2. The van der Waals surface area contributed by atoms with E-state index in [9.17, 15) is 14.9 Å². The van der Waals surface area contributed by atoms with Crippen molar-refractivity contribution in [3.05, 3.63) is 82.5 Å². The Morgan fingerprint density at radius 2 is 1.73 bits per heavy atom. The molecule has 0 fully saturated rings. The number of non-ortho nitro benzene ring substituents is 1. The summed E-state index contributed by atoms with van der Waals surface area (Å²) in [6.45, 7) is 0.0617. The highest BCUT2D eigenvalue weighted by Gasteiger charge is 2.23. The van der Waals surface area contributed by atoms with Gasteiger partial charge in [-0.25, -0.2) is 0 Å². The van der Waals surface area contributed by atoms with Crippen molar-refractivity contribution in [2.45, 2.75) is 6.54 Å². The van der Waals surface area contributed by atoms with Crippen molar-refractivity contribution in [2.75, 3.05) is 0 Å². The fourth-order valence-electron chi connectivity index (χ4n) is 2.47. The van der Waals surface area contributed by atoms with Crippen LogP contribution in [0.25, 0.3) is 10.9 Å². The van der Waals surface area contributed by atoms with Crippen LogP contribution in [0.1, 0.15) is 10.4 Å². The molecule has 0 bridgehead atoms. The van der Waals surface area contributed by atoms with Gasteiger partial charge in [0.15, 0.2) is 6.20 Å². The normalized spacial score (nSPS) is 10.5. The molecule has 0 amide bonds. The summed E-state index contributed by atoms with van der Waals surface area (Å²) in [5.41, 5.74) is 1.05. The highest BCUT2D eigenvalue weighted by molar-refractivity contribution is 5.95. The monoisotopic (exact) mass is 293 g/mol. The lowest BCUT2D eigenvalue weighted by Crippen LogP contribution is -2.38. The lowest BCUT2D eigenvalue weighted by Gasteiger charge is -2.02. The third-order valence-corrected chi connectivity index (χ3v) is 3.48. The van der Waals surface area contributed by atoms with Crippen LogP contribution in [0.15, 0.2) is 66.9 Å². The summed E-state index contributed by atoms with van der Waals surface area (Å²) >= 11 is 0. The molecular weight excluding hydrogens is 280 g/mol. The van der Waals surface area contributed by atoms with E-state index in [0.717, 1.165) is 5.39 Å². The number of fused-ring (bicyclic) bond motifs is 1.